The number of hydrogen-bond acceptors (Lipinski definition) is 11. The van der Waals surface area contributed by atoms with Crippen molar-refractivity contribution in [3.05, 3.63) is 65.3 Å². The predicted octanol–water partition coefficient (Wildman–Crippen LogP) is 6.61. The van der Waals surface area contributed by atoms with Gasteiger partial charge < -0.3 is 19.7 Å². The van der Waals surface area contributed by atoms with E-state index in [2.05, 4.69) is 32.2 Å². The Kier molecular flexibility index (Phi) is 17.8. The Morgan fingerprint density at radius 2 is 1.56 bits per heavy atom. The second-order valence-electron chi connectivity index (χ2n) is 14.5. The number of carbonyl (C=O) groups is 1. The molecule has 2 aromatic rings. The van der Waals surface area contributed by atoms with E-state index >= 15 is 0 Å². The first-order valence-electron chi connectivity index (χ1n) is 19.6. The topological polar surface area (TPSA) is 242 Å². The van der Waals surface area contributed by atoms with E-state index in [-0.39, 0.29) is 30.3 Å². The summed E-state index contributed by atoms with van der Waals surface area (Å²) >= 11 is 0. The number of aryl methyl sites for hydroxylation is 2. The molecule has 2 aliphatic heterocycles. The summed E-state index contributed by atoms with van der Waals surface area (Å²) in [5.74, 6) is 0.0195. The quantitative estimate of drug-likeness (QED) is 0.0336. The minimum Gasteiger partial charge on any atom is -0.352 e. The lowest BCUT2D eigenvalue weighted by Gasteiger charge is -2.20. The van der Waals surface area contributed by atoms with Crippen LogP contribution in [0.25, 0.3) is 10.4 Å². The van der Waals surface area contributed by atoms with E-state index in [1.807, 2.05) is 0 Å². The van der Waals surface area contributed by atoms with Crippen molar-refractivity contribution in [3.63, 3.8) is 0 Å². The first-order valence-corrected chi connectivity index (χ1v) is 21.1. The fourth-order valence-electron chi connectivity index (χ4n) is 6.82. The van der Waals surface area contributed by atoms with Crippen molar-refractivity contribution in [2.45, 2.75) is 161 Å². The maximum Gasteiger partial charge on any atom is 0.472 e. The standard InChI is InChI=1S/C36H57N8O10P/c1-4-5-6-7-8-9-10-11-12-13-14-15-16-17-30(45)38-33-25(2)21-43(35(47)39-33)31-19-18-27(53-31)23-51-55(49,50)52-24-29-28(41-42-37)20-32(54-29)44-22-26(3)34(46)40-36(44)48/h21-22,27-29,31-32H,4-20,23-24H2,1-3H3,(H,49,50)(H,40,46,48)(H,38,39,45,47)/t27-,28-,29+,31+,32+/m1/s1. The van der Waals surface area contributed by atoms with Gasteiger partial charge >= 0.3 is 19.2 Å². The van der Waals surface area contributed by atoms with Gasteiger partial charge in [-0.25, -0.2) is 14.2 Å². The Balaban J connectivity index is 1.15. The smallest absolute Gasteiger partial charge is 0.352 e. The number of phosphoric ester groups is 1. The summed E-state index contributed by atoms with van der Waals surface area (Å²) in [6.45, 7) is 4.67. The molecule has 4 heterocycles. The van der Waals surface area contributed by atoms with Gasteiger partial charge in [0, 0.05) is 41.3 Å². The average molecular weight is 793 g/mol. The third kappa shape index (κ3) is 14.1. The van der Waals surface area contributed by atoms with E-state index < -0.39 is 62.1 Å². The molecule has 0 spiro atoms. The molecule has 2 aliphatic rings. The Hall–Kier alpha value is -3.63. The second-order valence-corrected chi connectivity index (χ2v) is 15.9. The summed E-state index contributed by atoms with van der Waals surface area (Å²) in [5.41, 5.74) is 7.98. The first kappa shape index (κ1) is 44.1. The molecule has 2 saturated heterocycles. The van der Waals surface area contributed by atoms with Crippen LogP contribution in [0.1, 0.15) is 140 Å². The Labute approximate surface area is 320 Å². The van der Waals surface area contributed by atoms with Crippen molar-refractivity contribution in [2.24, 2.45) is 5.11 Å². The van der Waals surface area contributed by atoms with Gasteiger partial charge in [0.2, 0.25) is 5.91 Å². The zero-order valence-corrected chi connectivity index (χ0v) is 33.1. The summed E-state index contributed by atoms with van der Waals surface area (Å²) in [6, 6.07) is -0.841. The molecule has 2 fully saturated rings. The number of H-pyrrole nitrogens is 1. The van der Waals surface area contributed by atoms with Gasteiger partial charge in [0.05, 0.1) is 31.5 Å². The second kappa shape index (κ2) is 22.2. The highest BCUT2D eigenvalue weighted by atomic mass is 31.2. The van der Waals surface area contributed by atoms with Crippen LogP contribution in [0.4, 0.5) is 5.82 Å². The lowest BCUT2D eigenvalue weighted by atomic mass is 10.0. The number of unbranched alkanes of at least 4 members (excludes halogenated alkanes) is 12. The van der Waals surface area contributed by atoms with Gasteiger partial charge in [-0.3, -0.25) is 32.8 Å². The molecule has 0 bridgehead atoms. The molecule has 0 aliphatic carbocycles. The van der Waals surface area contributed by atoms with Crippen molar-refractivity contribution < 1.29 is 32.8 Å². The lowest BCUT2D eigenvalue weighted by Crippen LogP contribution is -2.33. The number of nitrogens with zero attached hydrogens (tertiary/aromatic N) is 6. The number of carbonyl (C=O) groups excluding carboxylic acids is 1. The molecule has 2 aromatic heterocycles. The van der Waals surface area contributed by atoms with E-state index in [4.69, 9.17) is 24.1 Å². The van der Waals surface area contributed by atoms with Crippen molar-refractivity contribution in [2.75, 3.05) is 18.5 Å². The molecule has 1 unspecified atom stereocenters. The van der Waals surface area contributed by atoms with Gasteiger partial charge in [-0.1, -0.05) is 89.1 Å². The van der Waals surface area contributed by atoms with Crippen molar-refractivity contribution >= 4 is 19.5 Å². The number of amides is 1. The monoisotopic (exact) mass is 792 g/mol. The highest BCUT2D eigenvalue weighted by Crippen LogP contribution is 2.45. The average Bonchev–Trinajstić information content (AvgIpc) is 3.79. The van der Waals surface area contributed by atoms with Crippen LogP contribution in [-0.4, -0.2) is 61.4 Å². The number of aromatic amines is 1. The molecule has 0 saturated carbocycles. The van der Waals surface area contributed by atoms with Gasteiger partial charge in [-0.2, -0.15) is 4.98 Å². The zero-order chi connectivity index (χ0) is 39.8. The van der Waals surface area contributed by atoms with Crippen LogP contribution in [0.2, 0.25) is 0 Å². The Bertz CT molecular complexity index is 1830. The molecule has 0 aromatic carbocycles. The van der Waals surface area contributed by atoms with Gasteiger partial charge in [0.1, 0.15) is 18.3 Å². The van der Waals surface area contributed by atoms with Crippen molar-refractivity contribution in [1.29, 1.82) is 0 Å². The SMILES string of the molecule is CCCCCCCCCCCCCCCC(=O)Nc1nc(=O)n([C@@H]2CC[C@H](COP(=O)(O)OC[C@@H]3O[C@H](n4cc(C)c(=O)[nH]c4=O)C[C@H]3N=[N+]=[N-])O2)cc1C. The molecule has 1 amide bonds. The Morgan fingerprint density at radius 3 is 2.22 bits per heavy atom. The number of phosphoric acid groups is 1. The number of rotatable bonds is 24. The van der Waals surface area contributed by atoms with Crippen LogP contribution in [-0.2, 0) is 27.9 Å². The number of ether oxygens (including phenoxy) is 2. The summed E-state index contributed by atoms with van der Waals surface area (Å²) in [4.78, 5) is 69.0. The Morgan fingerprint density at radius 1 is 0.945 bits per heavy atom. The third-order valence-electron chi connectivity index (χ3n) is 9.98. The number of anilines is 1. The number of aromatic nitrogens is 4. The highest BCUT2D eigenvalue weighted by Gasteiger charge is 2.39. The predicted molar refractivity (Wildman–Crippen MR) is 205 cm³/mol. The minimum atomic E-state index is -4.64. The summed E-state index contributed by atoms with van der Waals surface area (Å²) < 4.78 is 37.3. The largest absolute Gasteiger partial charge is 0.472 e. The molecule has 3 N–H and O–H groups in total. The van der Waals surface area contributed by atoms with Gasteiger partial charge in [-0.05, 0) is 38.6 Å². The van der Waals surface area contributed by atoms with Gasteiger partial charge in [-0.15, -0.1) is 0 Å². The maximum absolute atomic E-state index is 12.9. The molecule has 18 nitrogen and oxygen atoms in total. The van der Waals surface area contributed by atoms with Crippen molar-refractivity contribution in [1.82, 2.24) is 19.1 Å². The van der Waals surface area contributed by atoms with Crippen molar-refractivity contribution in [3.8, 4) is 0 Å². The molecular formula is C36H57N8O10P. The normalized spacial score (nSPS) is 22.0. The van der Waals surface area contributed by atoms with Crippen LogP contribution >= 0.6 is 7.82 Å². The van der Waals surface area contributed by atoms with E-state index in [9.17, 15) is 28.6 Å². The van der Waals surface area contributed by atoms with Crippen LogP contribution in [0.5, 0.6) is 0 Å². The van der Waals surface area contributed by atoms with E-state index in [1.165, 1.54) is 81.9 Å². The molecule has 4 rings (SSSR count). The number of hydrogen-bond donors (Lipinski definition) is 3. The molecule has 6 atom stereocenters. The summed E-state index contributed by atoms with van der Waals surface area (Å²) in [6.07, 6.45) is 16.7. The maximum atomic E-state index is 12.9. The minimum absolute atomic E-state index is 0.0535. The number of nitrogens with one attached hydrogen (secondary N) is 2. The summed E-state index contributed by atoms with van der Waals surface area (Å²) in [5, 5.41) is 6.43. The molecule has 19 heteroatoms. The summed E-state index contributed by atoms with van der Waals surface area (Å²) in [7, 11) is -4.64. The van der Waals surface area contributed by atoms with E-state index in [0.717, 1.165) is 23.8 Å². The highest BCUT2D eigenvalue weighted by molar-refractivity contribution is 7.47. The zero-order valence-electron chi connectivity index (χ0n) is 32.2. The fraction of sp³-hybridized carbons (Fsp3) is 0.750. The van der Waals surface area contributed by atoms with Gasteiger partial charge in [0.15, 0.2) is 0 Å². The van der Waals surface area contributed by atoms with Gasteiger partial charge in [0.25, 0.3) is 5.56 Å². The lowest BCUT2D eigenvalue weighted by molar-refractivity contribution is -0.116. The van der Waals surface area contributed by atoms with E-state index in [0.29, 0.717) is 24.8 Å². The molecular weight excluding hydrogens is 735 g/mol. The van der Waals surface area contributed by atoms with E-state index in [1.54, 1.807) is 13.1 Å². The first-order chi connectivity index (χ1) is 26.4. The van der Waals surface area contributed by atoms with Crippen LogP contribution < -0.4 is 22.3 Å². The molecule has 0 radical (unpaired) electrons. The van der Waals surface area contributed by atoms with Crippen LogP contribution in [0.3, 0.4) is 0 Å². The molecule has 306 valence electrons. The van der Waals surface area contributed by atoms with Crippen LogP contribution in [0.15, 0.2) is 31.9 Å². The number of azide groups is 1. The fourth-order valence-corrected chi connectivity index (χ4v) is 7.58. The molecule has 55 heavy (non-hydrogen) atoms. The third-order valence-corrected chi connectivity index (χ3v) is 10.9. The van der Waals surface area contributed by atoms with Crippen LogP contribution in [0, 0.1) is 13.8 Å².